The van der Waals surface area contributed by atoms with E-state index in [1.165, 1.54) is 23.9 Å². The zero-order valence-electron chi connectivity index (χ0n) is 31.5. The maximum atomic E-state index is 13.9. The van der Waals surface area contributed by atoms with Crippen molar-refractivity contribution in [3.8, 4) is 11.1 Å². The Morgan fingerprint density at radius 3 is 2.17 bits per heavy atom. The van der Waals surface area contributed by atoms with Gasteiger partial charge in [-0.25, -0.2) is 21.6 Å². The minimum atomic E-state index is -6.05. The van der Waals surface area contributed by atoms with E-state index >= 15 is 0 Å². The van der Waals surface area contributed by atoms with Crippen molar-refractivity contribution in [2.75, 3.05) is 35.6 Å². The predicted octanol–water partition coefficient (Wildman–Crippen LogP) is 8.29. The molecule has 1 aliphatic rings. The van der Waals surface area contributed by atoms with Crippen LogP contribution in [0.1, 0.15) is 41.3 Å². The van der Waals surface area contributed by atoms with Crippen molar-refractivity contribution < 1.29 is 39.9 Å². The maximum Gasteiger partial charge on any atom is 0.501 e. The Morgan fingerprint density at radius 1 is 0.881 bits per heavy atom. The lowest BCUT2D eigenvalue weighted by molar-refractivity contribution is -0.0435. The highest BCUT2D eigenvalue weighted by atomic mass is 35.5. The molecule has 6 rings (SSSR count). The molecule has 312 valence electrons. The molecule has 0 aromatic heterocycles. The molecule has 0 radical (unpaired) electrons. The van der Waals surface area contributed by atoms with E-state index < -0.39 is 58.9 Å². The van der Waals surface area contributed by atoms with Gasteiger partial charge >= 0.3 is 5.51 Å². The first-order valence-electron chi connectivity index (χ1n) is 18.6. The third-order valence-electron chi connectivity index (χ3n) is 10.1. The molecule has 0 bridgehead atoms. The van der Waals surface area contributed by atoms with Crippen LogP contribution in [0, 0.1) is 5.92 Å². The van der Waals surface area contributed by atoms with Gasteiger partial charge in [0.2, 0.25) is 0 Å². The molecule has 5 aromatic carbocycles. The van der Waals surface area contributed by atoms with Crippen molar-refractivity contribution in [2.45, 2.75) is 51.6 Å². The van der Waals surface area contributed by atoms with Crippen molar-refractivity contribution in [1.82, 2.24) is 4.72 Å². The quantitative estimate of drug-likeness (QED) is 0.0754. The topological polar surface area (TPSA) is 159 Å². The second-order valence-electron chi connectivity index (χ2n) is 14.0. The summed E-state index contributed by atoms with van der Waals surface area (Å²) >= 11 is 7.46. The number of alkyl halides is 3. The lowest BCUT2D eigenvalue weighted by Crippen LogP contribution is -2.36. The second kappa shape index (κ2) is 18.8. The Balaban J connectivity index is 1.12. The van der Waals surface area contributed by atoms with Crippen LogP contribution in [0.5, 0.6) is 0 Å². The highest BCUT2D eigenvalue weighted by Gasteiger charge is 2.48. The van der Waals surface area contributed by atoms with Gasteiger partial charge in [0.15, 0.2) is 0 Å². The van der Waals surface area contributed by atoms with Gasteiger partial charge in [0, 0.05) is 46.1 Å². The Labute approximate surface area is 350 Å². The van der Waals surface area contributed by atoms with Crippen LogP contribution < -0.4 is 20.7 Å². The minimum Gasteiger partial charge on any atom is -0.388 e. The van der Waals surface area contributed by atoms with E-state index in [0.29, 0.717) is 42.8 Å². The lowest BCUT2D eigenvalue weighted by atomic mass is 9.84. The summed E-state index contributed by atoms with van der Waals surface area (Å²) < 4.78 is 95.9. The molecule has 59 heavy (non-hydrogen) atoms. The minimum absolute atomic E-state index is 0.0162. The maximum absolute atomic E-state index is 13.9. The molecule has 5 aromatic rings. The average Bonchev–Trinajstić information content (AvgIpc) is 3.23. The number of carbonyl (C=O) groups excluding carboxylic acids is 1. The summed E-state index contributed by atoms with van der Waals surface area (Å²) in [7, 11) is -10.9. The summed E-state index contributed by atoms with van der Waals surface area (Å²) in [4.78, 5) is 14.0. The number of carbonyl (C=O) groups is 1. The number of amides is 1. The first-order chi connectivity index (χ1) is 28.1. The Bertz CT molecular complexity index is 2450. The fraction of sp³-hybridized carbons (Fsp3) is 0.262. The van der Waals surface area contributed by atoms with Crippen LogP contribution in [-0.2, 0) is 19.9 Å². The second-order valence-corrected chi connectivity index (χ2v) is 19.1. The number of aliphatic hydroxyl groups excluding tert-OH is 1. The lowest BCUT2D eigenvalue weighted by Gasteiger charge is -2.36. The summed E-state index contributed by atoms with van der Waals surface area (Å²) in [5.74, 6) is -0.775. The molecule has 17 heteroatoms. The van der Waals surface area contributed by atoms with Crippen molar-refractivity contribution in [1.29, 1.82) is 0 Å². The predicted molar refractivity (Wildman–Crippen MR) is 226 cm³/mol. The van der Waals surface area contributed by atoms with Gasteiger partial charge in [-0.15, -0.1) is 11.8 Å². The highest BCUT2D eigenvalue weighted by molar-refractivity contribution is 7.99. The van der Waals surface area contributed by atoms with Crippen LogP contribution >= 0.6 is 23.4 Å². The molecule has 1 aliphatic heterocycles. The number of anilines is 2. The number of hydrogen-bond acceptors (Lipinski definition) is 10. The Hall–Kier alpha value is -4.58. The van der Waals surface area contributed by atoms with Crippen molar-refractivity contribution >= 4 is 60.5 Å². The fourth-order valence-corrected chi connectivity index (χ4v) is 10.0. The molecule has 5 N–H and O–H groups in total. The van der Waals surface area contributed by atoms with Gasteiger partial charge in [-0.1, -0.05) is 66.2 Å². The fourth-order valence-electron chi connectivity index (χ4n) is 6.91. The number of thioether (sulfide) groups is 1. The summed E-state index contributed by atoms with van der Waals surface area (Å²) in [5.41, 5.74) is 2.94. The molecular formula is C42H42ClF3N4O6S3. The molecule has 1 saturated heterocycles. The number of halogens is 4. The van der Waals surface area contributed by atoms with Crippen molar-refractivity contribution in [3.63, 3.8) is 0 Å². The molecule has 1 fully saturated rings. The molecule has 0 spiro atoms. The zero-order chi connectivity index (χ0) is 42.4. The Kier molecular flexibility index (Phi) is 14.0. The number of nitrogens with two attached hydrogens (primary N) is 1. The van der Waals surface area contributed by atoms with Gasteiger partial charge in [0.25, 0.3) is 25.8 Å². The molecule has 10 nitrogen and oxygen atoms in total. The van der Waals surface area contributed by atoms with E-state index in [0.717, 1.165) is 39.4 Å². The SMILES string of the molecule is NCC[C@H](CSc1ccccc1)Nc1ccc(S(=O)(=O)NC(=O)c2ccc(N3CCC([C@@H](O)c4ccccc4-c4ccc(Cl)cc4)CC3)cc2)cc1S(=O)(=O)C(F)(F)F. The van der Waals surface area contributed by atoms with E-state index in [4.69, 9.17) is 17.3 Å². The summed E-state index contributed by atoms with van der Waals surface area (Å²) in [6.45, 7) is 1.35. The van der Waals surface area contributed by atoms with Crippen LogP contribution in [0.3, 0.4) is 0 Å². The average molecular weight is 887 g/mol. The number of sulfone groups is 1. The van der Waals surface area contributed by atoms with Gasteiger partial charge in [0.1, 0.15) is 4.90 Å². The van der Waals surface area contributed by atoms with Gasteiger partial charge in [-0.05, 0) is 115 Å². The Morgan fingerprint density at radius 2 is 1.53 bits per heavy atom. The van der Waals surface area contributed by atoms with Gasteiger partial charge < -0.3 is 21.1 Å². The molecule has 0 unspecified atom stereocenters. The van der Waals surface area contributed by atoms with E-state index in [-0.39, 0.29) is 24.4 Å². The molecule has 2 atom stereocenters. The molecule has 1 amide bonds. The molecule has 1 heterocycles. The zero-order valence-corrected chi connectivity index (χ0v) is 34.7. The number of nitrogens with one attached hydrogen (secondary N) is 2. The largest absolute Gasteiger partial charge is 0.501 e. The van der Waals surface area contributed by atoms with Gasteiger partial charge in [-0.2, -0.15) is 13.2 Å². The highest BCUT2D eigenvalue weighted by Crippen LogP contribution is 2.39. The van der Waals surface area contributed by atoms with E-state index in [2.05, 4.69) is 10.2 Å². The van der Waals surface area contributed by atoms with Crippen LogP contribution in [0.15, 0.2) is 136 Å². The number of nitrogens with zero attached hydrogens (tertiary/aromatic N) is 1. The summed E-state index contributed by atoms with van der Waals surface area (Å²) in [5, 5.41) is 14.9. The summed E-state index contributed by atoms with van der Waals surface area (Å²) in [6.07, 6.45) is 0.920. The number of rotatable bonds is 15. The summed E-state index contributed by atoms with van der Waals surface area (Å²) in [6, 6.07) is 32.1. The van der Waals surface area contributed by atoms with Crippen LogP contribution in [0.2, 0.25) is 5.02 Å². The number of hydrogen-bond donors (Lipinski definition) is 4. The van der Waals surface area contributed by atoms with Crippen LogP contribution in [0.25, 0.3) is 11.1 Å². The van der Waals surface area contributed by atoms with Gasteiger partial charge in [0.05, 0.1) is 16.7 Å². The van der Waals surface area contributed by atoms with Gasteiger partial charge in [-0.3, -0.25) is 4.79 Å². The third-order valence-corrected chi connectivity index (χ3v) is 14.4. The third kappa shape index (κ3) is 10.6. The smallest absolute Gasteiger partial charge is 0.388 e. The monoisotopic (exact) mass is 886 g/mol. The number of piperidine rings is 1. The first-order valence-corrected chi connectivity index (χ1v) is 23.0. The number of aliphatic hydroxyl groups is 1. The first kappa shape index (κ1) is 44.0. The number of benzene rings is 5. The molecule has 0 aliphatic carbocycles. The van der Waals surface area contributed by atoms with Crippen LogP contribution in [0.4, 0.5) is 24.5 Å². The molecule has 0 saturated carbocycles. The van der Waals surface area contributed by atoms with Crippen molar-refractivity contribution in [3.05, 3.63) is 137 Å². The van der Waals surface area contributed by atoms with Crippen molar-refractivity contribution in [2.24, 2.45) is 11.7 Å². The number of sulfonamides is 1. The van der Waals surface area contributed by atoms with Crippen LogP contribution in [-0.4, -0.2) is 64.8 Å². The van der Waals surface area contributed by atoms with E-state index in [9.17, 15) is 39.9 Å². The standard InChI is InChI=1S/C42H42ClF3N4O6S3/c43-31-14-10-28(11-15-31)36-8-4-5-9-37(36)40(51)29-21-24-50(25-22-29)33-16-12-30(13-17-33)41(52)49-59(55,56)35-18-19-38(39(26-35)58(53,54)42(44,45)46)48-32(20-23-47)27-57-34-6-2-1-3-7-34/h1-19,26,29,32,40,48,51H,20-25,27,47H2,(H,49,52)/t32-,40-/m1/s1. The normalized spacial score (nSPS) is 15.1. The molecular weight excluding hydrogens is 845 g/mol. The van der Waals surface area contributed by atoms with E-state index in [1.54, 1.807) is 12.1 Å². The van der Waals surface area contributed by atoms with E-state index in [1.807, 2.05) is 83.6 Å².